The molecular weight excluding hydrogens is 341 g/mol. The first-order valence-corrected chi connectivity index (χ1v) is 8.84. The van der Waals surface area contributed by atoms with Crippen LogP contribution in [0.3, 0.4) is 0 Å². The van der Waals surface area contributed by atoms with Gasteiger partial charge in [-0.25, -0.2) is 0 Å². The SMILES string of the molecule is C[C@H](NC(=O)/C=C/c1ccc(Cl)cc1Cl)c1ccc2c(c1)CCC2. The van der Waals surface area contributed by atoms with Crippen LogP contribution in [0.25, 0.3) is 6.08 Å². The molecule has 24 heavy (non-hydrogen) atoms. The zero-order valence-corrected chi connectivity index (χ0v) is 15.0. The Bertz CT molecular complexity index is 798. The van der Waals surface area contributed by atoms with E-state index >= 15 is 0 Å². The molecule has 1 atom stereocenters. The molecule has 0 aliphatic heterocycles. The number of carbonyl (C=O) groups excluding carboxylic acids is 1. The number of benzene rings is 2. The van der Waals surface area contributed by atoms with E-state index in [2.05, 4.69) is 23.5 Å². The van der Waals surface area contributed by atoms with Gasteiger partial charge in [-0.3, -0.25) is 4.79 Å². The highest BCUT2D eigenvalue weighted by Gasteiger charge is 2.14. The fourth-order valence-corrected chi connectivity index (χ4v) is 3.48. The van der Waals surface area contributed by atoms with Crippen LogP contribution < -0.4 is 5.32 Å². The van der Waals surface area contributed by atoms with Crippen LogP contribution in [-0.2, 0) is 17.6 Å². The Morgan fingerprint density at radius 2 is 1.92 bits per heavy atom. The molecule has 0 aromatic heterocycles. The van der Waals surface area contributed by atoms with Gasteiger partial charge in [-0.05, 0) is 66.6 Å². The van der Waals surface area contributed by atoms with Crippen molar-refractivity contribution in [3.05, 3.63) is 74.8 Å². The van der Waals surface area contributed by atoms with E-state index in [1.54, 1.807) is 24.3 Å². The summed E-state index contributed by atoms with van der Waals surface area (Å²) in [6.45, 7) is 2.00. The monoisotopic (exact) mass is 359 g/mol. The van der Waals surface area contributed by atoms with Gasteiger partial charge in [0.1, 0.15) is 0 Å². The zero-order chi connectivity index (χ0) is 17.1. The van der Waals surface area contributed by atoms with Gasteiger partial charge >= 0.3 is 0 Å². The van der Waals surface area contributed by atoms with Crippen LogP contribution in [0.4, 0.5) is 0 Å². The van der Waals surface area contributed by atoms with Crippen LogP contribution in [-0.4, -0.2) is 5.91 Å². The predicted molar refractivity (Wildman–Crippen MR) is 101 cm³/mol. The highest BCUT2D eigenvalue weighted by molar-refractivity contribution is 6.35. The van der Waals surface area contributed by atoms with E-state index in [1.165, 1.54) is 30.0 Å². The molecule has 2 aromatic carbocycles. The molecule has 2 aromatic rings. The minimum absolute atomic E-state index is 0.0336. The lowest BCUT2D eigenvalue weighted by Gasteiger charge is -2.14. The molecule has 0 saturated carbocycles. The molecule has 0 bridgehead atoms. The second-order valence-electron chi connectivity index (χ2n) is 6.11. The molecular formula is C20H19Cl2NO. The topological polar surface area (TPSA) is 29.1 Å². The van der Waals surface area contributed by atoms with E-state index in [-0.39, 0.29) is 11.9 Å². The number of amides is 1. The summed E-state index contributed by atoms with van der Waals surface area (Å²) in [7, 11) is 0. The number of carbonyl (C=O) groups is 1. The average molecular weight is 360 g/mol. The summed E-state index contributed by atoms with van der Waals surface area (Å²) in [6, 6.07) is 11.7. The van der Waals surface area contributed by atoms with Crippen LogP contribution in [0, 0.1) is 0 Å². The fraction of sp³-hybridized carbons (Fsp3) is 0.250. The van der Waals surface area contributed by atoms with Gasteiger partial charge in [-0.15, -0.1) is 0 Å². The fourth-order valence-electron chi connectivity index (χ4n) is 3.01. The van der Waals surface area contributed by atoms with Crippen LogP contribution in [0.2, 0.25) is 10.0 Å². The van der Waals surface area contributed by atoms with Gasteiger partial charge in [-0.1, -0.05) is 47.5 Å². The van der Waals surface area contributed by atoms with Gasteiger partial charge in [0, 0.05) is 16.1 Å². The van der Waals surface area contributed by atoms with Crippen molar-refractivity contribution in [1.29, 1.82) is 0 Å². The Kier molecular flexibility index (Phi) is 5.27. The van der Waals surface area contributed by atoms with Crippen molar-refractivity contribution in [1.82, 2.24) is 5.32 Å². The van der Waals surface area contributed by atoms with E-state index < -0.39 is 0 Å². The van der Waals surface area contributed by atoms with Gasteiger partial charge in [0.05, 0.1) is 6.04 Å². The van der Waals surface area contributed by atoms with Crippen LogP contribution in [0.15, 0.2) is 42.5 Å². The third-order valence-electron chi connectivity index (χ3n) is 4.36. The molecule has 3 rings (SSSR count). The number of hydrogen-bond acceptors (Lipinski definition) is 1. The van der Waals surface area contributed by atoms with Crippen molar-refractivity contribution in [3.63, 3.8) is 0 Å². The Morgan fingerprint density at radius 1 is 1.12 bits per heavy atom. The minimum atomic E-state index is -0.144. The zero-order valence-electron chi connectivity index (χ0n) is 13.5. The van der Waals surface area contributed by atoms with Gasteiger partial charge in [0.25, 0.3) is 0 Å². The molecule has 0 saturated heterocycles. The number of nitrogens with one attached hydrogen (secondary N) is 1. The Hall–Kier alpha value is -1.77. The molecule has 0 radical (unpaired) electrons. The van der Waals surface area contributed by atoms with Crippen molar-refractivity contribution in [3.8, 4) is 0 Å². The van der Waals surface area contributed by atoms with Crippen LogP contribution >= 0.6 is 23.2 Å². The Balaban J connectivity index is 1.64. The van der Waals surface area contributed by atoms with Crippen LogP contribution in [0.1, 0.15) is 41.6 Å². The van der Waals surface area contributed by atoms with Gasteiger partial charge in [-0.2, -0.15) is 0 Å². The summed E-state index contributed by atoms with van der Waals surface area (Å²) in [6.07, 6.45) is 6.73. The van der Waals surface area contributed by atoms with Crippen molar-refractivity contribution >= 4 is 35.2 Å². The summed E-state index contributed by atoms with van der Waals surface area (Å²) in [4.78, 5) is 12.1. The standard InChI is InChI=1S/C20H19Cl2NO/c1-13(16-6-5-14-3-2-4-17(14)11-16)23-20(24)10-8-15-7-9-18(21)12-19(15)22/h5-13H,2-4H2,1H3,(H,23,24)/b10-8+/t13-/m0/s1. The quantitative estimate of drug-likeness (QED) is 0.730. The summed E-state index contributed by atoms with van der Waals surface area (Å²) in [5.74, 6) is -0.144. The summed E-state index contributed by atoms with van der Waals surface area (Å²) in [5.41, 5.74) is 4.76. The third-order valence-corrected chi connectivity index (χ3v) is 4.92. The van der Waals surface area contributed by atoms with E-state index in [1.807, 2.05) is 6.92 Å². The summed E-state index contributed by atoms with van der Waals surface area (Å²) >= 11 is 12.0. The first-order chi connectivity index (χ1) is 11.5. The van der Waals surface area contributed by atoms with E-state index in [9.17, 15) is 4.79 Å². The number of hydrogen-bond donors (Lipinski definition) is 1. The molecule has 1 aliphatic rings. The lowest BCUT2D eigenvalue weighted by Crippen LogP contribution is -2.24. The third kappa shape index (κ3) is 4.00. The molecule has 0 fully saturated rings. The number of rotatable bonds is 4. The van der Waals surface area contributed by atoms with E-state index in [0.29, 0.717) is 10.0 Å². The van der Waals surface area contributed by atoms with Crippen LogP contribution in [0.5, 0.6) is 0 Å². The molecule has 4 heteroatoms. The molecule has 1 aliphatic carbocycles. The van der Waals surface area contributed by atoms with E-state index in [0.717, 1.165) is 17.5 Å². The molecule has 0 unspecified atom stereocenters. The second-order valence-corrected chi connectivity index (χ2v) is 6.95. The predicted octanol–water partition coefficient (Wildman–Crippen LogP) is 5.37. The normalized spacial score (nSPS) is 14.6. The molecule has 0 spiro atoms. The highest BCUT2D eigenvalue weighted by atomic mass is 35.5. The average Bonchev–Trinajstić information content (AvgIpc) is 3.01. The maximum absolute atomic E-state index is 12.1. The lowest BCUT2D eigenvalue weighted by molar-refractivity contribution is -0.117. The summed E-state index contributed by atoms with van der Waals surface area (Å²) < 4.78 is 0. The first-order valence-electron chi connectivity index (χ1n) is 8.08. The van der Waals surface area contributed by atoms with Crippen molar-refractivity contribution in [2.45, 2.75) is 32.2 Å². The van der Waals surface area contributed by atoms with Gasteiger partial charge in [0.15, 0.2) is 0 Å². The molecule has 0 heterocycles. The van der Waals surface area contributed by atoms with Gasteiger partial charge < -0.3 is 5.32 Å². The lowest BCUT2D eigenvalue weighted by atomic mass is 10.0. The molecule has 1 amide bonds. The van der Waals surface area contributed by atoms with Gasteiger partial charge in [0.2, 0.25) is 5.91 Å². The van der Waals surface area contributed by atoms with Crippen molar-refractivity contribution in [2.75, 3.05) is 0 Å². The first kappa shape index (κ1) is 17.1. The van der Waals surface area contributed by atoms with E-state index in [4.69, 9.17) is 23.2 Å². The summed E-state index contributed by atoms with van der Waals surface area (Å²) in [5, 5.41) is 4.10. The molecule has 2 nitrogen and oxygen atoms in total. The molecule has 1 N–H and O–H groups in total. The number of aryl methyl sites for hydroxylation is 2. The number of fused-ring (bicyclic) bond motifs is 1. The van der Waals surface area contributed by atoms with Crippen molar-refractivity contribution < 1.29 is 4.79 Å². The largest absolute Gasteiger partial charge is 0.346 e. The highest BCUT2D eigenvalue weighted by Crippen LogP contribution is 2.25. The van der Waals surface area contributed by atoms with Crippen molar-refractivity contribution in [2.24, 2.45) is 0 Å². The Labute approximate surface area is 152 Å². The maximum atomic E-state index is 12.1. The number of halogens is 2. The second kappa shape index (κ2) is 7.42. The maximum Gasteiger partial charge on any atom is 0.244 e. The Morgan fingerprint density at radius 3 is 2.71 bits per heavy atom. The smallest absolute Gasteiger partial charge is 0.244 e. The molecule has 124 valence electrons. The minimum Gasteiger partial charge on any atom is -0.346 e.